The number of alkyl halides is 3. The second kappa shape index (κ2) is 11.4. The molecule has 0 aromatic carbocycles. The second-order valence-corrected chi connectivity index (χ2v) is 9.21. The molecule has 2 heterocycles. The monoisotopic (exact) mass is 511 g/mol. The Labute approximate surface area is 209 Å². The molecule has 0 saturated carbocycles. The number of allylic oxidation sites excluding steroid dienone is 6. The SMILES string of the molecule is COCc1cn(N(C)C)c(/C(=C\C=O)N2CCN(C(C)C3=CC=C(C(F)(F)F)C=C(F)C3)CC2C)n1. The molecule has 1 aliphatic heterocycles. The zero-order valence-corrected chi connectivity index (χ0v) is 21.2. The number of imidazole rings is 1. The Bertz CT molecular complexity index is 1070. The number of aromatic nitrogens is 2. The highest BCUT2D eigenvalue weighted by Crippen LogP contribution is 2.33. The van der Waals surface area contributed by atoms with Gasteiger partial charge in [0, 0.05) is 65.4 Å². The van der Waals surface area contributed by atoms with Crippen LogP contribution in [0, 0.1) is 0 Å². The fourth-order valence-electron chi connectivity index (χ4n) is 4.59. The summed E-state index contributed by atoms with van der Waals surface area (Å²) in [5, 5.41) is 1.85. The van der Waals surface area contributed by atoms with E-state index in [4.69, 9.17) is 4.74 Å². The fraction of sp³-hybridized carbons (Fsp3) is 0.520. The van der Waals surface area contributed by atoms with Crippen LogP contribution in [0.5, 0.6) is 0 Å². The largest absolute Gasteiger partial charge is 0.416 e. The molecule has 3 rings (SSSR count). The fourth-order valence-corrected chi connectivity index (χ4v) is 4.59. The third-order valence-electron chi connectivity index (χ3n) is 6.46. The van der Waals surface area contributed by atoms with Crippen LogP contribution in [-0.4, -0.2) is 84.8 Å². The lowest BCUT2D eigenvalue weighted by Gasteiger charge is -2.44. The average molecular weight is 512 g/mol. The molecule has 0 spiro atoms. The van der Waals surface area contributed by atoms with E-state index in [1.54, 1.807) is 7.11 Å². The van der Waals surface area contributed by atoms with Crippen LogP contribution in [0.3, 0.4) is 0 Å². The van der Waals surface area contributed by atoms with E-state index in [-0.39, 0.29) is 18.5 Å². The first-order valence-corrected chi connectivity index (χ1v) is 11.7. The zero-order valence-electron chi connectivity index (χ0n) is 21.2. The van der Waals surface area contributed by atoms with Gasteiger partial charge in [0.25, 0.3) is 0 Å². The van der Waals surface area contributed by atoms with Crippen molar-refractivity contribution >= 4 is 12.0 Å². The highest BCUT2D eigenvalue weighted by molar-refractivity contribution is 5.79. The van der Waals surface area contributed by atoms with Crippen molar-refractivity contribution in [2.45, 2.75) is 45.1 Å². The van der Waals surface area contributed by atoms with Crippen LogP contribution < -0.4 is 5.01 Å². The minimum absolute atomic E-state index is 0.0429. The molecule has 1 aliphatic carbocycles. The maximum absolute atomic E-state index is 14.3. The smallest absolute Gasteiger partial charge is 0.378 e. The number of rotatable bonds is 8. The Kier molecular flexibility index (Phi) is 8.78. The standard InChI is InChI=1S/C25H33F4N5O2/c1-17-14-32(18(2)19-6-7-20(25(27,28)29)13-21(26)12-19)9-10-33(17)23(8-11-35)24-30-22(16-36-5)15-34(24)31(3)4/h6-8,11,13,15,17-18H,9-10,12,14,16H2,1-5H3/b23-8+. The van der Waals surface area contributed by atoms with Crippen molar-refractivity contribution in [3.63, 3.8) is 0 Å². The molecular formula is C25H33F4N5O2. The summed E-state index contributed by atoms with van der Waals surface area (Å²) >= 11 is 0. The van der Waals surface area contributed by atoms with Crippen LogP contribution >= 0.6 is 0 Å². The van der Waals surface area contributed by atoms with E-state index in [1.165, 1.54) is 12.2 Å². The number of aldehydes is 1. The molecular weight excluding hydrogens is 478 g/mol. The molecule has 1 fully saturated rings. The molecule has 2 atom stereocenters. The molecule has 0 N–H and O–H groups in total. The molecule has 1 saturated heterocycles. The Morgan fingerprint density at radius 2 is 2.03 bits per heavy atom. The van der Waals surface area contributed by atoms with E-state index in [9.17, 15) is 22.4 Å². The Morgan fingerprint density at radius 3 is 2.61 bits per heavy atom. The number of ether oxygens (including phenoxy) is 1. The molecule has 1 aromatic rings. The Hall–Kier alpha value is -2.92. The third kappa shape index (κ3) is 6.25. The maximum atomic E-state index is 14.3. The molecule has 1 aromatic heterocycles. The maximum Gasteiger partial charge on any atom is 0.416 e. The number of halogens is 4. The third-order valence-corrected chi connectivity index (χ3v) is 6.46. The topological polar surface area (TPSA) is 53.8 Å². The van der Waals surface area contributed by atoms with Gasteiger partial charge in [0.05, 0.1) is 29.8 Å². The minimum Gasteiger partial charge on any atom is -0.378 e. The zero-order chi connectivity index (χ0) is 26.6. The number of hydrogen-bond donors (Lipinski definition) is 0. The molecule has 198 valence electrons. The van der Waals surface area contributed by atoms with E-state index in [2.05, 4.69) is 14.8 Å². The van der Waals surface area contributed by atoms with Crippen LogP contribution in [0.1, 0.15) is 31.8 Å². The summed E-state index contributed by atoms with van der Waals surface area (Å²) in [7, 11) is 5.33. The number of carbonyl (C=O) groups excluding carboxylic acids is 1. The molecule has 7 nitrogen and oxygen atoms in total. The van der Waals surface area contributed by atoms with Crippen molar-refractivity contribution in [1.29, 1.82) is 0 Å². The normalized spacial score (nSPS) is 20.9. The summed E-state index contributed by atoms with van der Waals surface area (Å²) in [5.41, 5.74) is 0.980. The first-order valence-electron chi connectivity index (χ1n) is 11.7. The molecule has 2 aliphatic rings. The van der Waals surface area contributed by atoms with Gasteiger partial charge in [-0.3, -0.25) is 9.69 Å². The van der Waals surface area contributed by atoms with Crippen molar-refractivity contribution in [3.05, 3.63) is 59.0 Å². The lowest BCUT2D eigenvalue weighted by molar-refractivity contribution is -0.104. The van der Waals surface area contributed by atoms with E-state index in [0.717, 1.165) is 18.1 Å². The minimum atomic E-state index is -4.60. The van der Waals surface area contributed by atoms with Gasteiger partial charge in [-0.25, -0.2) is 14.1 Å². The van der Waals surface area contributed by atoms with Gasteiger partial charge in [0.1, 0.15) is 12.1 Å². The second-order valence-electron chi connectivity index (χ2n) is 9.21. The molecule has 36 heavy (non-hydrogen) atoms. The predicted octanol–water partition coefficient (Wildman–Crippen LogP) is 3.83. The lowest BCUT2D eigenvalue weighted by Crippen LogP contribution is -2.54. The predicted molar refractivity (Wildman–Crippen MR) is 130 cm³/mol. The molecule has 2 unspecified atom stereocenters. The van der Waals surface area contributed by atoms with Crippen LogP contribution in [-0.2, 0) is 16.1 Å². The van der Waals surface area contributed by atoms with Crippen LogP contribution in [0.25, 0.3) is 5.70 Å². The van der Waals surface area contributed by atoms with Crippen molar-refractivity contribution in [3.8, 4) is 0 Å². The van der Waals surface area contributed by atoms with Crippen LogP contribution in [0.4, 0.5) is 17.6 Å². The average Bonchev–Trinajstić information content (AvgIpc) is 3.11. The Morgan fingerprint density at radius 1 is 1.31 bits per heavy atom. The molecule has 0 bridgehead atoms. The lowest BCUT2D eigenvalue weighted by atomic mass is 10.0. The van der Waals surface area contributed by atoms with Crippen LogP contribution in [0.15, 0.2) is 47.5 Å². The first-order chi connectivity index (χ1) is 17.0. The molecule has 11 heteroatoms. The molecule has 0 amide bonds. The number of carbonyl (C=O) groups is 1. The number of hydrogen-bond acceptors (Lipinski definition) is 6. The summed E-state index contributed by atoms with van der Waals surface area (Å²) in [6.07, 6.45) is 2.21. The number of nitrogens with zero attached hydrogens (tertiary/aromatic N) is 5. The van der Waals surface area contributed by atoms with Gasteiger partial charge < -0.3 is 14.6 Å². The highest BCUT2D eigenvalue weighted by Gasteiger charge is 2.35. The quantitative estimate of drug-likeness (QED) is 0.301. The Balaban J connectivity index is 1.82. The van der Waals surface area contributed by atoms with Gasteiger partial charge >= 0.3 is 6.18 Å². The molecule has 0 radical (unpaired) electrons. The van der Waals surface area contributed by atoms with Gasteiger partial charge in [0.15, 0.2) is 5.82 Å². The van der Waals surface area contributed by atoms with E-state index >= 15 is 0 Å². The van der Waals surface area contributed by atoms with Crippen molar-refractivity contribution in [1.82, 2.24) is 19.5 Å². The van der Waals surface area contributed by atoms with E-state index in [0.29, 0.717) is 49.4 Å². The summed E-state index contributed by atoms with van der Waals surface area (Å²) in [6, 6.07) is -0.299. The van der Waals surface area contributed by atoms with Gasteiger partial charge in [-0.05, 0) is 31.6 Å². The summed E-state index contributed by atoms with van der Waals surface area (Å²) in [6.45, 7) is 5.93. The van der Waals surface area contributed by atoms with E-state index < -0.39 is 17.6 Å². The first kappa shape index (κ1) is 27.7. The van der Waals surface area contributed by atoms with E-state index in [1.807, 2.05) is 43.8 Å². The van der Waals surface area contributed by atoms with Gasteiger partial charge in [-0.1, -0.05) is 6.08 Å². The number of methoxy groups -OCH3 is 1. The highest BCUT2D eigenvalue weighted by atomic mass is 19.4. The van der Waals surface area contributed by atoms with Crippen molar-refractivity contribution < 1.29 is 27.1 Å². The van der Waals surface area contributed by atoms with Crippen molar-refractivity contribution in [2.24, 2.45) is 0 Å². The summed E-state index contributed by atoms with van der Waals surface area (Å²) in [5.74, 6) is -0.199. The van der Waals surface area contributed by atoms with Gasteiger partial charge in [-0.15, -0.1) is 0 Å². The summed E-state index contributed by atoms with van der Waals surface area (Å²) in [4.78, 5) is 20.5. The van der Waals surface area contributed by atoms with Gasteiger partial charge in [-0.2, -0.15) is 13.2 Å². The summed E-state index contributed by atoms with van der Waals surface area (Å²) < 4.78 is 60.6. The number of piperazine rings is 1. The van der Waals surface area contributed by atoms with Gasteiger partial charge in [0.2, 0.25) is 0 Å². The van der Waals surface area contributed by atoms with Crippen molar-refractivity contribution in [2.75, 3.05) is 45.8 Å². The van der Waals surface area contributed by atoms with Crippen LogP contribution in [0.2, 0.25) is 0 Å².